The zero-order valence-electron chi connectivity index (χ0n) is 10.6. The molecule has 0 saturated carbocycles. The number of carbonyl (C=O) groups is 1. The van der Waals surface area contributed by atoms with Crippen molar-refractivity contribution in [3.8, 4) is 16.9 Å². The van der Waals surface area contributed by atoms with Gasteiger partial charge in [-0.25, -0.2) is 0 Å². The second-order valence-corrected chi connectivity index (χ2v) is 4.54. The Morgan fingerprint density at radius 3 is 2.79 bits per heavy atom. The van der Waals surface area contributed by atoms with Crippen molar-refractivity contribution in [1.82, 2.24) is 9.78 Å². The van der Waals surface area contributed by atoms with E-state index in [2.05, 4.69) is 5.10 Å². The van der Waals surface area contributed by atoms with E-state index in [9.17, 15) is 4.79 Å². The summed E-state index contributed by atoms with van der Waals surface area (Å²) in [4.78, 5) is 11.1. The van der Waals surface area contributed by atoms with Crippen molar-refractivity contribution >= 4 is 17.5 Å². The lowest BCUT2D eigenvalue weighted by atomic mass is 10.1. The number of hydrogen-bond donors (Lipinski definition) is 1. The summed E-state index contributed by atoms with van der Waals surface area (Å²) in [5.41, 5.74) is 7.00. The summed E-state index contributed by atoms with van der Waals surface area (Å²) in [5.74, 6) is 0.186. The minimum absolute atomic E-state index is 0.428. The molecule has 0 spiro atoms. The quantitative estimate of drug-likeness (QED) is 0.933. The lowest BCUT2D eigenvalue weighted by Gasteiger charge is -2.07. The van der Waals surface area contributed by atoms with Gasteiger partial charge in [0.05, 0.1) is 18.3 Å². The molecule has 0 aliphatic heterocycles. The summed E-state index contributed by atoms with van der Waals surface area (Å²) in [6.45, 7) is 1.69. The van der Waals surface area contributed by atoms with Crippen LogP contribution in [0.5, 0.6) is 5.75 Å². The molecule has 1 heterocycles. The Kier molecular flexibility index (Phi) is 3.76. The number of nitrogens with two attached hydrogens (primary N) is 1. The Hall–Kier alpha value is -2.01. The van der Waals surface area contributed by atoms with E-state index in [1.54, 1.807) is 38.6 Å². The van der Waals surface area contributed by atoms with Gasteiger partial charge in [0, 0.05) is 11.8 Å². The Morgan fingerprint density at radius 1 is 1.47 bits per heavy atom. The van der Waals surface area contributed by atoms with Crippen molar-refractivity contribution in [1.29, 1.82) is 0 Å². The molecule has 0 aliphatic carbocycles. The number of halogens is 1. The molecular formula is C13H14ClN3O2. The van der Waals surface area contributed by atoms with Crippen molar-refractivity contribution in [2.24, 2.45) is 5.73 Å². The fraction of sp³-hybridized carbons (Fsp3) is 0.231. The molecule has 5 nitrogen and oxygen atoms in total. The number of ether oxygens (including phenoxy) is 1. The molecule has 1 atom stereocenters. The van der Waals surface area contributed by atoms with Gasteiger partial charge in [-0.2, -0.15) is 5.10 Å². The van der Waals surface area contributed by atoms with Gasteiger partial charge in [-0.05, 0) is 24.6 Å². The molecule has 2 rings (SSSR count). The van der Waals surface area contributed by atoms with E-state index in [-0.39, 0.29) is 0 Å². The van der Waals surface area contributed by atoms with Crippen LogP contribution >= 0.6 is 11.6 Å². The highest BCUT2D eigenvalue weighted by molar-refractivity contribution is 6.32. The van der Waals surface area contributed by atoms with Crippen molar-refractivity contribution in [2.45, 2.75) is 13.0 Å². The second-order valence-electron chi connectivity index (χ2n) is 4.14. The van der Waals surface area contributed by atoms with E-state index < -0.39 is 11.9 Å². The molecule has 2 N–H and O–H groups in total. The summed E-state index contributed by atoms with van der Waals surface area (Å²) in [6.07, 6.45) is 3.42. The summed E-state index contributed by atoms with van der Waals surface area (Å²) < 4.78 is 6.62. The molecule has 0 aliphatic rings. The zero-order chi connectivity index (χ0) is 14.0. The van der Waals surface area contributed by atoms with Gasteiger partial charge in [0.2, 0.25) is 5.91 Å². The normalized spacial score (nSPS) is 12.2. The number of benzene rings is 1. The summed E-state index contributed by atoms with van der Waals surface area (Å²) >= 11 is 6.07. The standard InChI is InChI=1S/C13H14ClN3O2/c1-8(13(15)18)17-7-10(6-16-17)9-3-4-12(19-2)11(14)5-9/h3-8H,1-2H3,(H2,15,18)/t8-/m1/s1. The fourth-order valence-corrected chi connectivity index (χ4v) is 1.93. The molecule has 2 aromatic rings. The van der Waals surface area contributed by atoms with Crippen molar-refractivity contribution in [3.63, 3.8) is 0 Å². The number of rotatable bonds is 4. The molecule has 100 valence electrons. The third-order valence-corrected chi connectivity index (χ3v) is 3.19. The SMILES string of the molecule is COc1ccc(-c2cnn([C@H](C)C(N)=O)c2)cc1Cl. The monoisotopic (exact) mass is 279 g/mol. The molecule has 6 heteroatoms. The van der Waals surface area contributed by atoms with Crippen LogP contribution in [0.25, 0.3) is 11.1 Å². The topological polar surface area (TPSA) is 70.1 Å². The third-order valence-electron chi connectivity index (χ3n) is 2.90. The molecule has 0 unspecified atom stereocenters. The minimum atomic E-state index is -0.484. The molecule has 0 saturated heterocycles. The Labute approximate surface area is 115 Å². The van der Waals surface area contributed by atoms with Gasteiger partial charge in [-0.15, -0.1) is 0 Å². The van der Waals surface area contributed by atoms with Crippen LogP contribution in [0.2, 0.25) is 5.02 Å². The van der Waals surface area contributed by atoms with E-state index in [0.29, 0.717) is 10.8 Å². The second kappa shape index (κ2) is 5.32. The van der Waals surface area contributed by atoms with Crippen molar-refractivity contribution in [3.05, 3.63) is 35.6 Å². The first-order valence-electron chi connectivity index (χ1n) is 5.70. The third kappa shape index (κ3) is 2.71. The van der Waals surface area contributed by atoms with Gasteiger partial charge in [0.1, 0.15) is 11.8 Å². The molecule has 0 bridgehead atoms. The average molecular weight is 280 g/mol. The number of primary amides is 1. The number of methoxy groups -OCH3 is 1. The van der Waals surface area contributed by atoms with Crippen LogP contribution in [-0.4, -0.2) is 22.8 Å². The Morgan fingerprint density at radius 2 is 2.21 bits per heavy atom. The summed E-state index contributed by atoms with van der Waals surface area (Å²) in [5, 5.41) is 4.65. The van der Waals surface area contributed by atoms with Crippen molar-refractivity contribution < 1.29 is 9.53 Å². The molecule has 0 radical (unpaired) electrons. The van der Waals surface area contributed by atoms with E-state index in [4.69, 9.17) is 22.1 Å². The molecule has 1 aromatic heterocycles. The highest BCUT2D eigenvalue weighted by Gasteiger charge is 2.13. The number of hydrogen-bond acceptors (Lipinski definition) is 3. The van der Waals surface area contributed by atoms with E-state index >= 15 is 0 Å². The fourth-order valence-electron chi connectivity index (χ4n) is 1.68. The maximum atomic E-state index is 11.1. The highest BCUT2D eigenvalue weighted by Crippen LogP contribution is 2.30. The first-order valence-corrected chi connectivity index (χ1v) is 6.08. The predicted octanol–water partition coefficient (Wildman–Crippen LogP) is 2.26. The van der Waals surface area contributed by atoms with Gasteiger partial charge in [0.25, 0.3) is 0 Å². The van der Waals surface area contributed by atoms with Gasteiger partial charge in [0.15, 0.2) is 0 Å². The molecule has 19 heavy (non-hydrogen) atoms. The van der Waals surface area contributed by atoms with Crippen LogP contribution in [-0.2, 0) is 4.79 Å². The number of amides is 1. The van der Waals surface area contributed by atoms with E-state index in [1.165, 1.54) is 4.68 Å². The van der Waals surface area contributed by atoms with Gasteiger partial charge >= 0.3 is 0 Å². The maximum absolute atomic E-state index is 11.1. The first-order chi connectivity index (χ1) is 9.02. The summed E-state index contributed by atoms with van der Waals surface area (Å²) in [7, 11) is 1.56. The Bertz CT molecular complexity index is 610. The van der Waals surface area contributed by atoms with Crippen LogP contribution in [0.1, 0.15) is 13.0 Å². The highest BCUT2D eigenvalue weighted by atomic mass is 35.5. The van der Waals surface area contributed by atoms with Gasteiger partial charge in [-0.1, -0.05) is 17.7 Å². The van der Waals surface area contributed by atoms with Crippen LogP contribution in [0.4, 0.5) is 0 Å². The van der Waals surface area contributed by atoms with Gasteiger partial charge in [-0.3, -0.25) is 9.48 Å². The van der Waals surface area contributed by atoms with E-state index in [1.807, 2.05) is 6.07 Å². The molecule has 1 amide bonds. The van der Waals surface area contributed by atoms with Crippen LogP contribution in [0.3, 0.4) is 0 Å². The van der Waals surface area contributed by atoms with Crippen LogP contribution in [0, 0.1) is 0 Å². The number of carbonyl (C=O) groups excluding carboxylic acids is 1. The summed E-state index contributed by atoms with van der Waals surface area (Å²) in [6, 6.07) is 4.96. The van der Waals surface area contributed by atoms with Crippen molar-refractivity contribution in [2.75, 3.05) is 7.11 Å². The van der Waals surface area contributed by atoms with Gasteiger partial charge < -0.3 is 10.5 Å². The first kappa shape index (κ1) is 13.4. The van der Waals surface area contributed by atoms with E-state index in [0.717, 1.165) is 11.1 Å². The van der Waals surface area contributed by atoms with Crippen LogP contribution < -0.4 is 10.5 Å². The Balaban J connectivity index is 2.33. The lowest BCUT2D eigenvalue weighted by Crippen LogP contribution is -2.24. The average Bonchev–Trinajstić information content (AvgIpc) is 2.87. The molecular weight excluding hydrogens is 266 g/mol. The zero-order valence-corrected chi connectivity index (χ0v) is 11.4. The minimum Gasteiger partial charge on any atom is -0.495 e. The number of aromatic nitrogens is 2. The lowest BCUT2D eigenvalue weighted by molar-refractivity contribution is -0.120. The molecule has 0 fully saturated rings. The smallest absolute Gasteiger partial charge is 0.241 e. The number of nitrogens with zero attached hydrogens (tertiary/aromatic N) is 2. The maximum Gasteiger partial charge on any atom is 0.241 e. The molecule has 1 aromatic carbocycles. The predicted molar refractivity (Wildman–Crippen MR) is 73.1 cm³/mol. The largest absolute Gasteiger partial charge is 0.495 e. The van der Waals surface area contributed by atoms with Crippen LogP contribution in [0.15, 0.2) is 30.6 Å².